The van der Waals surface area contributed by atoms with Crippen molar-refractivity contribution in [2.24, 2.45) is 17.8 Å². The lowest BCUT2D eigenvalue weighted by molar-refractivity contribution is -0.148. The molecule has 0 bridgehead atoms. The Morgan fingerprint density at radius 1 is 1.16 bits per heavy atom. The zero-order valence-electron chi connectivity index (χ0n) is 16.9. The van der Waals surface area contributed by atoms with Gasteiger partial charge >= 0.3 is 12.1 Å². The van der Waals surface area contributed by atoms with Crippen molar-refractivity contribution < 1.29 is 19.1 Å². The van der Waals surface area contributed by atoms with E-state index < -0.39 is 12.1 Å². The van der Waals surface area contributed by atoms with Crippen LogP contribution in [0.25, 0.3) is 0 Å². The Kier molecular flexibility index (Phi) is 9.30. The van der Waals surface area contributed by atoms with Crippen LogP contribution in [0.2, 0.25) is 0 Å². The molecule has 5 heteroatoms. The van der Waals surface area contributed by atoms with Crippen LogP contribution < -0.4 is 0 Å². The van der Waals surface area contributed by atoms with Crippen molar-refractivity contribution in [2.75, 3.05) is 13.7 Å². The summed E-state index contributed by atoms with van der Waals surface area (Å²) in [5.41, 5.74) is 0. The Hall–Kier alpha value is -1.26. The summed E-state index contributed by atoms with van der Waals surface area (Å²) in [5, 5.41) is 0. The first kappa shape index (κ1) is 21.8. The lowest BCUT2D eigenvalue weighted by Gasteiger charge is -2.37. The molecule has 0 aromatic carbocycles. The Labute approximate surface area is 153 Å². The van der Waals surface area contributed by atoms with Gasteiger partial charge in [0.15, 0.2) is 0 Å². The van der Waals surface area contributed by atoms with Crippen LogP contribution in [0.15, 0.2) is 0 Å². The highest BCUT2D eigenvalue weighted by Gasteiger charge is 2.35. The number of esters is 1. The third-order valence-corrected chi connectivity index (χ3v) is 5.42. The molecule has 0 aromatic heterocycles. The molecule has 0 aromatic rings. The van der Waals surface area contributed by atoms with Gasteiger partial charge in [-0.3, -0.25) is 4.90 Å². The fraction of sp³-hybridized carbons (Fsp3) is 0.900. The van der Waals surface area contributed by atoms with E-state index in [1.54, 1.807) is 14.0 Å². The average Bonchev–Trinajstić information content (AvgIpc) is 2.56. The molecule has 0 heterocycles. The zero-order chi connectivity index (χ0) is 19.0. The number of hydrogen-bond acceptors (Lipinski definition) is 4. The van der Waals surface area contributed by atoms with Gasteiger partial charge in [-0.1, -0.05) is 47.0 Å². The highest BCUT2D eigenvalue weighted by Crippen LogP contribution is 2.35. The van der Waals surface area contributed by atoms with Crippen LogP contribution in [0.3, 0.4) is 0 Å². The second kappa shape index (κ2) is 10.7. The smallest absolute Gasteiger partial charge is 0.410 e. The molecular formula is C20H37NO4. The minimum absolute atomic E-state index is 0.0634. The fourth-order valence-corrected chi connectivity index (χ4v) is 3.42. The molecular weight excluding hydrogens is 318 g/mol. The van der Waals surface area contributed by atoms with Gasteiger partial charge in [0.05, 0.1) is 6.61 Å². The van der Waals surface area contributed by atoms with E-state index in [0.29, 0.717) is 24.4 Å². The molecule has 1 saturated carbocycles. The molecule has 4 unspecified atom stereocenters. The summed E-state index contributed by atoms with van der Waals surface area (Å²) < 4.78 is 11.0. The largest absolute Gasteiger partial charge is 0.464 e. The summed E-state index contributed by atoms with van der Waals surface area (Å²) in [4.78, 5) is 26.0. The standard InChI is InChI=1S/C20H37NO4/c1-7-8-9-12-24-19(22)16(5)21(6)20(23)25-18-13-15(4)10-11-17(18)14(2)3/h14-18H,7-13H2,1-6H3. The average molecular weight is 356 g/mol. The molecule has 0 aliphatic heterocycles. The molecule has 1 fully saturated rings. The molecule has 1 aliphatic rings. The van der Waals surface area contributed by atoms with Crippen LogP contribution in [-0.4, -0.2) is 42.8 Å². The fourth-order valence-electron chi connectivity index (χ4n) is 3.42. The topological polar surface area (TPSA) is 55.8 Å². The Balaban J connectivity index is 2.54. The number of nitrogens with zero attached hydrogens (tertiary/aromatic N) is 1. The van der Waals surface area contributed by atoms with Crippen LogP contribution in [0.1, 0.15) is 73.1 Å². The highest BCUT2D eigenvalue weighted by atomic mass is 16.6. The first-order valence-electron chi connectivity index (χ1n) is 9.87. The number of hydrogen-bond donors (Lipinski definition) is 0. The van der Waals surface area contributed by atoms with Crippen molar-refractivity contribution in [3.63, 3.8) is 0 Å². The summed E-state index contributed by atoms with van der Waals surface area (Å²) in [6, 6.07) is -0.632. The third kappa shape index (κ3) is 6.87. The summed E-state index contributed by atoms with van der Waals surface area (Å²) >= 11 is 0. The van der Waals surface area contributed by atoms with Gasteiger partial charge in [-0.05, 0) is 43.9 Å². The van der Waals surface area contributed by atoms with Crippen LogP contribution in [0.5, 0.6) is 0 Å². The van der Waals surface area contributed by atoms with Crippen molar-refractivity contribution in [1.29, 1.82) is 0 Å². The molecule has 4 atom stereocenters. The van der Waals surface area contributed by atoms with Crippen molar-refractivity contribution in [3.8, 4) is 0 Å². The highest BCUT2D eigenvalue weighted by molar-refractivity contribution is 5.80. The van der Waals surface area contributed by atoms with Gasteiger partial charge < -0.3 is 9.47 Å². The van der Waals surface area contributed by atoms with E-state index in [1.165, 1.54) is 11.3 Å². The van der Waals surface area contributed by atoms with Gasteiger partial charge in [-0.15, -0.1) is 0 Å². The maximum Gasteiger partial charge on any atom is 0.410 e. The minimum atomic E-state index is -0.632. The zero-order valence-corrected chi connectivity index (χ0v) is 16.9. The van der Waals surface area contributed by atoms with Gasteiger partial charge in [0, 0.05) is 7.05 Å². The summed E-state index contributed by atoms with van der Waals surface area (Å²) in [6.45, 7) is 10.8. The first-order chi connectivity index (χ1) is 11.8. The number of carbonyl (C=O) groups is 2. The summed E-state index contributed by atoms with van der Waals surface area (Å²) in [6.07, 6.45) is 5.67. The maximum atomic E-state index is 12.5. The molecule has 1 aliphatic carbocycles. The predicted molar refractivity (Wildman–Crippen MR) is 99.3 cm³/mol. The number of carbonyl (C=O) groups excluding carboxylic acids is 2. The Morgan fingerprint density at radius 3 is 2.44 bits per heavy atom. The predicted octanol–water partition coefficient (Wildman–Crippen LogP) is 4.64. The lowest BCUT2D eigenvalue weighted by atomic mass is 9.75. The molecule has 1 rings (SSSR count). The van der Waals surface area contributed by atoms with Gasteiger partial charge in [0.2, 0.25) is 0 Å². The van der Waals surface area contributed by atoms with Crippen LogP contribution in [-0.2, 0) is 14.3 Å². The van der Waals surface area contributed by atoms with Gasteiger partial charge in [-0.25, -0.2) is 9.59 Å². The second-order valence-corrected chi connectivity index (χ2v) is 7.91. The van der Waals surface area contributed by atoms with E-state index in [-0.39, 0.29) is 12.1 Å². The monoisotopic (exact) mass is 355 g/mol. The first-order valence-corrected chi connectivity index (χ1v) is 9.87. The van der Waals surface area contributed by atoms with Crippen molar-refractivity contribution >= 4 is 12.1 Å². The lowest BCUT2D eigenvalue weighted by Crippen LogP contribution is -2.45. The molecule has 0 saturated heterocycles. The van der Waals surface area contributed by atoms with Crippen LogP contribution in [0.4, 0.5) is 4.79 Å². The number of likely N-dealkylation sites (N-methyl/N-ethyl adjacent to an activating group) is 1. The van der Waals surface area contributed by atoms with E-state index in [9.17, 15) is 9.59 Å². The summed E-state index contributed by atoms with van der Waals surface area (Å²) in [5.74, 6) is 1.08. The molecule has 1 amide bonds. The molecule has 0 spiro atoms. The van der Waals surface area contributed by atoms with Crippen molar-refractivity contribution in [1.82, 2.24) is 4.90 Å². The minimum Gasteiger partial charge on any atom is -0.464 e. The van der Waals surface area contributed by atoms with Crippen LogP contribution in [0, 0.1) is 17.8 Å². The van der Waals surface area contributed by atoms with E-state index >= 15 is 0 Å². The molecule has 25 heavy (non-hydrogen) atoms. The normalized spacial score (nSPS) is 24.7. The SMILES string of the molecule is CCCCCOC(=O)C(C)N(C)C(=O)OC1CC(C)CCC1C(C)C. The van der Waals surface area contributed by atoms with Crippen molar-refractivity contribution in [3.05, 3.63) is 0 Å². The second-order valence-electron chi connectivity index (χ2n) is 7.91. The van der Waals surface area contributed by atoms with E-state index in [4.69, 9.17) is 9.47 Å². The molecule has 0 N–H and O–H groups in total. The molecule has 5 nitrogen and oxygen atoms in total. The number of rotatable bonds is 8. The summed E-state index contributed by atoms with van der Waals surface area (Å²) in [7, 11) is 1.61. The number of amides is 1. The number of unbranched alkanes of at least 4 members (excludes halogenated alkanes) is 2. The van der Waals surface area contributed by atoms with Crippen molar-refractivity contribution in [2.45, 2.75) is 85.3 Å². The van der Waals surface area contributed by atoms with E-state index in [0.717, 1.165) is 32.1 Å². The van der Waals surface area contributed by atoms with Gasteiger partial charge in [0.25, 0.3) is 0 Å². The van der Waals surface area contributed by atoms with Gasteiger partial charge in [-0.2, -0.15) is 0 Å². The molecule has 0 radical (unpaired) electrons. The van der Waals surface area contributed by atoms with E-state index in [1.807, 2.05) is 0 Å². The third-order valence-electron chi connectivity index (χ3n) is 5.42. The number of ether oxygens (including phenoxy) is 2. The Bertz CT molecular complexity index is 424. The van der Waals surface area contributed by atoms with E-state index in [2.05, 4.69) is 27.7 Å². The Morgan fingerprint density at radius 2 is 1.84 bits per heavy atom. The van der Waals surface area contributed by atoms with Gasteiger partial charge in [0.1, 0.15) is 12.1 Å². The maximum absolute atomic E-state index is 12.5. The molecule has 146 valence electrons. The van der Waals surface area contributed by atoms with Crippen LogP contribution >= 0.6 is 0 Å². The quantitative estimate of drug-likeness (QED) is 0.470.